The SMILES string of the molecule is CC(NC(=O)c1cc(=O)[nH]c2ccccc12)C1CC1. The molecule has 1 unspecified atom stereocenters. The van der Waals surface area contributed by atoms with Crippen molar-refractivity contribution in [3.05, 3.63) is 46.2 Å². The summed E-state index contributed by atoms with van der Waals surface area (Å²) in [4.78, 5) is 26.6. The monoisotopic (exact) mass is 256 g/mol. The lowest BCUT2D eigenvalue weighted by atomic mass is 10.1. The van der Waals surface area contributed by atoms with E-state index in [1.165, 1.54) is 18.9 Å². The van der Waals surface area contributed by atoms with Gasteiger partial charge in [-0.1, -0.05) is 18.2 Å². The summed E-state index contributed by atoms with van der Waals surface area (Å²) in [5.74, 6) is 0.430. The average molecular weight is 256 g/mol. The van der Waals surface area contributed by atoms with E-state index in [-0.39, 0.29) is 17.5 Å². The lowest BCUT2D eigenvalue weighted by molar-refractivity contribution is 0.0937. The smallest absolute Gasteiger partial charge is 0.252 e. The summed E-state index contributed by atoms with van der Waals surface area (Å²) in [5.41, 5.74) is 0.897. The molecular formula is C15H16N2O2. The van der Waals surface area contributed by atoms with E-state index < -0.39 is 0 Å². The van der Waals surface area contributed by atoms with Crippen LogP contribution in [0.3, 0.4) is 0 Å². The van der Waals surface area contributed by atoms with Gasteiger partial charge in [0, 0.05) is 23.0 Å². The molecule has 4 heteroatoms. The van der Waals surface area contributed by atoms with E-state index in [2.05, 4.69) is 10.3 Å². The lowest BCUT2D eigenvalue weighted by Gasteiger charge is -2.13. The van der Waals surface area contributed by atoms with E-state index in [0.29, 0.717) is 17.0 Å². The number of pyridine rings is 1. The molecule has 4 nitrogen and oxygen atoms in total. The minimum absolute atomic E-state index is 0.165. The first-order valence-corrected chi connectivity index (χ1v) is 6.58. The van der Waals surface area contributed by atoms with Gasteiger partial charge >= 0.3 is 0 Å². The second kappa shape index (κ2) is 4.53. The molecule has 3 rings (SSSR count). The maximum absolute atomic E-state index is 12.3. The first-order chi connectivity index (χ1) is 9.15. The molecule has 0 bridgehead atoms. The lowest BCUT2D eigenvalue weighted by Crippen LogP contribution is -2.34. The molecule has 1 amide bonds. The van der Waals surface area contributed by atoms with Gasteiger partial charge in [0.2, 0.25) is 5.56 Å². The molecule has 0 saturated heterocycles. The Kier molecular flexibility index (Phi) is 2.85. The van der Waals surface area contributed by atoms with Crippen LogP contribution in [0, 0.1) is 5.92 Å². The van der Waals surface area contributed by atoms with Gasteiger partial charge in [0.1, 0.15) is 0 Å². The summed E-state index contributed by atoms with van der Waals surface area (Å²) >= 11 is 0. The van der Waals surface area contributed by atoms with Crippen LogP contribution in [0.4, 0.5) is 0 Å². The van der Waals surface area contributed by atoms with Gasteiger partial charge in [-0.25, -0.2) is 0 Å². The number of amides is 1. The van der Waals surface area contributed by atoms with Crippen LogP contribution in [0.1, 0.15) is 30.1 Å². The topological polar surface area (TPSA) is 62.0 Å². The quantitative estimate of drug-likeness (QED) is 0.883. The molecule has 1 aromatic heterocycles. The fourth-order valence-electron chi connectivity index (χ4n) is 2.39. The first kappa shape index (κ1) is 12.0. The Morgan fingerprint density at radius 3 is 2.84 bits per heavy atom. The van der Waals surface area contributed by atoms with Crippen LogP contribution in [0.25, 0.3) is 10.9 Å². The van der Waals surface area contributed by atoms with Crippen molar-refractivity contribution in [3.63, 3.8) is 0 Å². The van der Waals surface area contributed by atoms with Crippen LogP contribution in [0.2, 0.25) is 0 Å². The van der Waals surface area contributed by atoms with Crippen molar-refractivity contribution < 1.29 is 4.79 Å². The van der Waals surface area contributed by atoms with Gasteiger partial charge < -0.3 is 10.3 Å². The molecule has 1 heterocycles. The molecule has 1 aliphatic rings. The van der Waals surface area contributed by atoms with Gasteiger partial charge in [-0.2, -0.15) is 0 Å². The van der Waals surface area contributed by atoms with E-state index in [9.17, 15) is 9.59 Å². The van der Waals surface area contributed by atoms with E-state index in [1.807, 2.05) is 25.1 Å². The number of carbonyl (C=O) groups is 1. The first-order valence-electron chi connectivity index (χ1n) is 6.58. The molecule has 1 atom stereocenters. The third-order valence-electron chi connectivity index (χ3n) is 3.68. The maximum Gasteiger partial charge on any atom is 0.252 e. The van der Waals surface area contributed by atoms with E-state index in [1.54, 1.807) is 6.07 Å². The Bertz CT molecular complexity index is 686. The molecule has 0 radical (unpaired) electrons. The summed E-state index contributed by atoms with van der Waals surface area (Å²) in [6.07, 6.45) is 2.36. The zero-order valence-electron chi connectivity index (χ0n) is 10.8. The fraction of sp³-hybridized carbons (Fsp3) is 0.333. The van der Waals surface area contributed by atoms with Gasteiger partial charge in [0.15, 0.2) is 0 Å². The molecule has 1 aromatic carbocycles. The summed E-state index contributed by atoms with van der Waals surface area (Å²) in [6, 6.07) is 8.90. The highest BCUT2D eigenvalue weighted by molar-refractivity contribution is 6.06. The van der Waals surface area contributed by atoms with Crippen LogP contribution in [0.15, 0.2) is 35.1 Å². The minimum Gasteiger partial charge on any atom is -0.349 e. The largest absolute Gasteiger partial charge is 0.349 e. The number of nitrogens with one attached hydrogen (secondary N) is 2. The van der Waals surface area contributed by atoms with Gasteiger partial charge in [0.05, 0.1) is 5.56 Å². The Labute approximate surface area is 110 Å². The van der Waals surface area contributed by atoms with Crippen molar-refractivity contribution >= 4 is 16.8 Å². The van der Waals surface area contributed by atoms with E-state index >= 15 is 0 Å². The second-order valence-corrected chi connectivity index (χ2v) is 5.19. The van der Waals surface area contributed by atoms with Crippen LogP contribution in [-0.4, -0.2) is 16.9 Å². The Balaban J connectivity index is 1.98. The molecule has 1 aliphatic carbocycles. The van der Waals surface area contributed by atoms with Crippen molar-refractivity contribution in [2.45, 2.75) is 25.8 Å². The van der Waals surface area contributed by atoms with Crippen molar-refractivity contribution in [3.8, 4) is 0 Å². The predicted molar refractivity (Wildman–Crippen MR) is 74.2 cm³/mol. The number of fused-ring (bicyclic) bond motifs is 1. The number of aromatic amines is 1. The number of aromatic nitrogens is 1. The average Bonchev–Trinajstić information content (AvgIpc) is 3.21. The highest BCUT2D eigenvalue weighted by Crippen LogP contribution is 2.32. The molecular weight excluding hydrogens is 240 g/mol. The molecule has 19 heavy (non-hydrogen) atoms. The van der Waals surface area contributed by atoms with Crippen molar-refractivity contribution in [1.29, 1.82) is 0 Å². The third-order valence-corrected chi connectivity index (χ3v) is 3.68. The molecule has 0 aliphatic heterocycles. The molecule has 1 fully saturated rings. The number of benzene rings is 1. The summed E-state index contributed by atoms with van der Waals surface area (Å²) in [5, 5.41) is 3.77. The summed E-state index contributed by atoms with van der Waals surface area (Å²) < 4.78 is 0. The fourth-order valence-corrected chi connectivity index (χ4v) is 2.39. The van der Waals surface area contributed by atoms with E-state index in [0.717, 1.165) is 5.39 Å². The van der Waals surface area contributed by atoms with Crippen LogP contribution in [0.5, 0.6) is 0 Å². The molecule has 1 saturated carbocycles. The summed E-state index contributed by atoms with van der Waals surface area (Å²) in [6.45, 7) is 2.02. The number of hydrogen-bond acceptors (Lipinski definition) is 2. The number of para-hydroxylation sites is 1. The summed E-state index contributed by atoms with van der Waals surface area (Å²) in [7, 11) is 0. The minimum atomic E-state index is -0.247. The number of carbonyl (C=O) groups excluding carboxylic acids is 1. The number of hydrogen-bond donors (Lipinski definition) is 2. The number of rotatable bonds is 3. The molecule has 98 valence electrons. The van der Waals surface area contributed by atoms with Gasteiger partial charge in [-0.3, -0.25) is 9.59 Å². The zero-order chi connectivity index (χ0) is 13.4. The van der Waals surface area contributed by atoms with Gasteiger partial charge in [-0.15, -0.1) is 0 Å². The normalized spacial score (nSPS) is 16.3. The molecule has 2 N–H and O–H groups in total. The highest BCUT2D eigenvalue weighted by Gasteiger charge is 2.29. The highest BCUT2D eigenvalue weighted by atomic mass is 16.2. The van der Waals surface area contributed by atoms with Crippen molar-refractivity contribution in [2.24, 2.45) is 5.92 Å². The number of H-pyrrole nitrogens is 1. The Morgan fingerprint density at radius 1 is 1.37 bits per heavy atom. The van der Waals surface area contributed by atoms with Crippen LogP contribution in [-0.2, 0) is 0 Å². The van der Waals surface area contributed by atoms with E-state index in [4.69, 9.17) is 0 Å². The Morgan fingerprint density at radius 2 is 2.11 bits per heavy atom. The maximum atomic E-state index is 12.3. The second-order valence-electron chi connectivity index (χ2n) is 5.19. The third kappa shape index (κ3) is 2.38. The zero-order valence-corrected chi connectivity index (χ0v) is 10.8. The van der Waals surface area contributed by atoms with Gasteiger partial charge in [-0.05, 0) is 31.7 Å². The molecule has 2 aromatic rings. The molecule has 0 spiro atoms. The van der Waals surface area contributed by atoms with Crippen LogP contribution >= 0.6 is 0 Å². The van der Waals surface area contributed by atoms with Crippen molar-refractivity contribution in [2.75, 3.05) is 0 Å². The van der Waals surface area contributed by atoms with Gasteiger partial charge in [0.25, 0.3) is 5.91 Å². The standard InChI is InChI=1S/C15H16N2O2/c1-9(10-6-7-10)16-15(19)12-8-14(18)17-13-5-3-2-4-11(12)13/h2-5,8-10H,6-7H2,1H3,(H,16,19)(H,17,18). The van der Waals surface area contributed by atoms with Crippen LogP contribution < -0.4 is 10.9 Å². The van der Waals surface area contributed by atoms with Crippen molar-refractivity contribution in [1.82, 2.24) is 10.3 Å². The Hall–Kier alpha value is -2.10. The predicted octanol–water partition coefficient (Wildman–Crippen LogP) is 2.06.